The molecule has 0 aromatic heterocycles. The van der Waals surface area contributed by atoms with Gasteiger partial charge >= 0.3 is 0 Å². The first-order valence-corrected chi connectivity index (χ1v) is 9.04. The summed E-state index contributed by atoms with van der Waals surface area (Å²) in [5.74, 6) is -0.0928. The van der Waals surface area contributed by atoms with Gasteiger partial charge in [-0.15, -0.1) is 0 Å². The van der Waals surface area contributed by atoms with Crippen molar-refractivity contribution in [1.29, 1.82) is 0 Å². The van der Waals surface area contributed by atoms with Gasteiger partial charge in [0.05, 0.1) is 16.8 Å². The van der Waals surface area contributed by atoms with E-state index in [1.165, 1.54) is 0 Å². The van der Waals surface area contributed by atoms with Crippen LogP contribution in [0.4, 0.5) is 0 Å². The molecule has 8 heteroatoms. The van der Waals surface area contributed by atoms with Crippen molar-refractivity contribution in [2.24, 2.45) is 0 Å². The number of aliphatic hydroxyl groups is 1. The highest BCUT2D eigenvalue weighted by atomic mass is 32.2. The summed E-state index contributed by atoms with van der Waals surface area (Å²) < 4.78 is 48.4. The number of rotatable bonds is 6. The van der Waals surface area contributed by atoms with E-state index in [0.29, 0.717) is 19.4 Å². The molecule has 2 N–H and O–H groups in total. The molecule has 0 bridgehead atoms. The van der Waals surface area contributed by atoms with Gasteiger partial charge in [-0.1, -0.05) is 0 Å². The quantitative estimate of drug-likeness (QED) is 0.626. The summed E-state index contributed by atoms with van der Waals surface area (Å²) in [5, 5.41) is 7.96. The van der Waals surface area contributed by atoms with Gasteiger partial charge in [0.25, 0.3) is 0 Å². The lowest BCUT2D eigenvalue weighted by Gasteiger charge is -2.22. The molecular formula is C9H19NO5S2. The fraction of sp³-hybridized carbons (Fsp3) is 1.00. The van der Waals surface area contributed by atoms with E-state index in [9.17, 15) is 16.8 Å². The summed E-state index contributed by atoms with van der Waals surface area (Å²) in [5.41, 5.74) is 0. The number of sulfone groups is 1. The van der Waals surface area contributed by atoms with Crippen molar-refractivity contribution in [1.82, 2.24) is 4.72 Å². The van der Waals surface area contributed by atoms with Crippen LogP contribution in [0.25, 0.3) is 0 Å². The molecule has 1 aliphatic heterocycles. The van der Waals surface area contributed by atoms with Gasteiger partial charge in [-0.2, -0.15) is 0 Å². The molecule has 0 atom stereocenters. The zero-order valence-electron chi connectivity index (χ0n) is 9.63. The van der Waals surface area contributed by atoms with Gasteiger partial charge in [0.15, 0.2) is 0 Å². The maximum atomic E-state index is 11.8. The Morgan fingerprint density at radius 1 is 1.18 bits per heavy atom. The lowest BCUT2D eigenvalue weighted by atomic mass is 10.2. The molecule has 1 rings (SSSR count). The molecule has 0 radical (unpaired) electrons. The van der Waals surface area contributed by atoms with Crippen molar-refractivity contribution in [3.8, 4) is 0 Å². The lowest BCUT2D eigenvalue weighted by Crippen LogP contribution is -2.40. The Morgan fingerprint density at radius 2 is 1.76 bits per heavy atom. The number of hydrogen-bond acceptors (Lipinski definition) is 5. The van der Waals surface area contributed by atoms with Crippen molar-refractivity contribution in [2.75, 3.05) is 24.7 Å². The molecule has 0 aromatic carbocycles. The number of sulfonamides is 1. The fourth-order valence-corrected chi connectivity index (χ4v) is 5.06. The largest absolute Gasteiger partial charge is 0.396 e. The first kappa shape index (κ1) is 14.9. The molecule has 0 amide bonds. The van der Waals surface area contributed by atoms with Crippen LogP contribution in [0.1, 0.15) is 25.7 Å². The Morgan fingerprint density at radius 3 is 2.29 bits per heavy atom. The van der Waals surface area contributed by atoms with Crippen LogP contribution < -0.4 is 4.72 Å². The van der Waals surface area contributed by atoms with E-state index in [1.807, 2.05) is 0 Å². The Kier molecular flexibility index (Phi) is 5.36. The molecule has 1 fully saturated rings. The monoisotopic (exact) mass is 285 g/mol. The molecule has 1 heterocycles. The number of aliphatic hydroxyl groups excluding tert-OH is 1. The summed E-state index contributed by atoms with van der Waals surface area (Å²) in [6.07, 6.45) is 1.50. The third kappa shape index (κ3) is 4.90. The molecule has 0 unspecified atom stereocenters. The van der Waals surface area contributed by atoms with Gasteiger partial charge in [0.1, 0.15) is 9.84 Å². The second kappa shape index (κ2) is 6.12. The number of nitrogens with one attached hydrogen (secondary N) is 1. The van der Waals surface area contributed by atoms with Gasteiger partial charge < -0.3 is 5.11 Å². The molecule has 0 aromatic rings. The van der Waals surface area contributed by atoms with Crippen LogP contribution in [0.5, 0.6) is 0 Å². The summed E-state index contributed by atoms with van der Waals surface area (Å²) in [6.45, 7) is 0.343. The minimum Gasteiger partial charge on any atom is -0.396 e. The predicted octanol–water partition coefficient (Wildman–Crippen LogP) is -0.744. The van der Waals surface area contributed by atoms with Gasteiger partial charge in [-0.05, 0) is 25.7 Å². The molecule has 0 spiro atoms. The molecule has 1 saturated heterocycles. The standard InChI is InChI=1S/C9H19NO5S2/c11-6-2-1-5-10-17(14,15)9-3-7-16(12,13)8-4-9/h9-11H,1-8H2. The third-order valence-electron chi connectivity index (χ3n) is 2.83. The van der Waals surface area contributed by atoms with Gasteiger partial charge in [-0.25, -0.2) is 21.6 Å². The smallest absolute Gasteiger partial charge is 0.214 e. The van der Waals surface area contributed by atoms with Gasteiger partial charge in [-0.3, -0.25) is 0 Å². The highest BCUT2D eigenvalue weighted by Gasteiger charge is 2.32. The molecule has 0 aliphatic carbocycles. The third-order valence-corrected chi connectivity index (χ3v) is 6.50. The first-order valence-electron chi connectivity index (χ1n) is 5.67. The Balaban J connectivity index is 2.43. The van der Waals surface area contributed by atoms with E-state index in [2.05, 4.69) is 4.72 Å². The average molecular weight is 285 g/mol. The number of unbranched alkanes of at least 4 members (excludes halogenated alkanes) is 1. The molecule has 0 saturated carbocycles. The minimum atomic E-state index is -3.41. The fourth-order valence-electron chi connectivity index (χ4n) is 1.75. The molecular weight excluding hydrogens is 266 g/mol. The maximum absolute atomic E-state index is 11.8. The highest BCUT2D eigenvalue weighted by Crippen LogP contribution is 2.18. The van der Waals surface area contributed by atoms with Gasteiger partial charge in [0.2, 0.25) is 10.0 Å². The summed E-state index contributed by atoms with van der Waals surface area (Å²) >= 11 is 0. The Hall–Kier alpha value is -0.180. The Labute approximate surface area is 102 Å². The second-order valence-electron chi connectivity index (χ2n) is 4.22. The summed E-state index contributed by atoms with van der Waals surface area (Å²) in [7, 11) is -6.44. The van der Waals surface area contributed by atoms with E-state index in [0.717, 1.165) is 0 Å². The molecule has 1 aliphatic rings. The lowest BCUT2D eigenvalue weighted by molar-refractivity contribution is 0.285. The van der Waals surface area contributed by atoms with E-state index in [4.69, 9.17) is 5.11 Å². The highest BCUT2D eigenvalue weighted by molar-refractivity contribution is 7.92. The molecule has 6 nitrogen and oxygen atoms in total. The average Bonchev–Trinajstić information content (AvgIpc) is 2.24. The topological polar surface area (TPSA) is 101 Å². The summed E-state index contributed by atoms with van der Waals surface area (Å²) in [6, 6.07) is 0. The summed E-state index contributed by atoms with van der Waals surface area (Å²) in [4.78, 5) is 0. The van der Waals surface area contributed by atoms with Crippen LogP contribution in [0.2, 0.25) is 0 Å². The minimum absolute atomic E-state index is 0.0450. The zero-order valence-corrected chi connectivity index (χ0v) is 11.3. The van der Waals surface area contributed by atoms with Crippen molar-refractivity contribution >= 4 is 19.9 Å². The van der Waals surface area contributed by atoms with Crippen LogP contribution in [0.15, 0.2) is 0 Å². The molecule has 17 heavy (non-hydrogen) atoms. The Bertz CT molecular complexity index is 414. The van der Waals surface area contributed by atoms with Crippen LogP contribution in [0.3, 0.4) is 0 Å². The van der Waals surface area contributed by atoms with Gasteiger partial charge in [0, 0.05) is 13.2 Å². The van der Waals surface area contributed by atoms with Crippen molar-refractivity contribution in [3.05, 3.63) is 0 Å². The van der Waals surface area contributed by atoms with Crippen molar-refractivity contribution in [3.63, 3.8) is 0 Å². The van der Waals surface area contributed by atoms with Crippen LogP contribution in [-0.4, -0.2) is 51.8 Å². The number of hydrogen-bond donors (Lipinski definition) is 2. The van der Waals surface area contributed by atoms with E-state index >= 15 is 0 Å². The van der Waals surface area contributed by atoms with E-state index in [-0.39, 0.29) is 31.0 Å². The van der Waals surface area contributed by atoms with Crippen LogP contribution >= 0.6 is 0 Å². The van der Waals surface area contributed by atoms with Crippen LogP contribution in [0, 0.1) is 0 Å². The predicted molar refractivity (Wildman–Crippen MR) is 64.9 cm³/mol. The van der Waals surface area contributed by atoms with Crippen LogP contribution in [-0.2, 0) is 19.9 Å². The SMILES string of the molecule is O=S1(=O)CCC(S(=O)(=O)NCCCCO)CC1. The maximum Gasteiger partial charge on any atom is 0.214 e. The first-order chi connectivity index (χ1) is 7.87. The zero-order chi connectivity index (χ0) is 12.9. The van der Waals surface area contributed by atoms with Crippen molar-refractivity contribution in [2.45, 2.75) is 30.9 Å². The normalized spacial score (nSPS) is 21.5. The van der Waals surface area contributed by atoms with E-state index < -0.39 is 25.1 Å². The molecule has 102 valence electrons. The van der Waals surface area contributed by atoms with E-state index in [1.54, 1.807) is 0 Å². The van der Waals surface area contributed by atoms with Crippen molar-refractivity contribution < 1.29 is 21.9 Å². The second-order valence-corrected chi connectivity index (χ2v) is 8.57.